The molecular formula is C21H16N2O. The van der Waals surface area contributed by atoms with Gasteiger partial charge in [0.05, 0.1) is 18.2 Å². The largest absolute Gasteiger partial charge is 0.304 e. The predicted octanol–water partition coefficient (Wildman–Crippen LogP) is 4.41. The lowest BCUT2D eigenvalue weighted by molar-refractivity contribution is 0.0985. The van der Waals surface area contributed by atoms with Crippen LogP contribution in [0.5, 0.6) is 0 Å². The standard InChI is InChI=1S/C21H16N2O/c22-15-17-11-13-19(14-12-17)21(24)23(20-9-5-2-6-10-20)16-18-7-3-1-4-8-18/h1-14H,16H2. The van der Waals surface area contributed by atoms with Crippen LogP contribution in [-0.4, -0.2) is 5.91 Å². The lowest BCUT2D eigenvalue weighted by Gasteiger charge is -2.23. The summed E-state index contributed by atoms with van der Waals surface area (Å²) >= 11 is 0. The molecule has 1 amide bonds. The van der Waals surface area contributed by atoms with Crippen molar-refractivity contribution < 1.29 is 4.79 Å². The van der Waals surface area contributed by atoms with Gasteiger partial charge in [-0.3, -0.25) is 4.79 Å². The molecule has 0 aliphatic heterocycles. The molecule has 0 bridgehead atoms. The Morgan fingerprint density at radius 3 is 2.00 bits per heavy atom. The lowest BCUT2D eigenvalue weighted by atomic mass is 10.1. The number of carbonyl (C=O) groups is 1. The minimum absolute atomic E-state index is 0.0884. The van der Waals surface area contributed by atoms with Gasteiger partial charge < -0.3 is 4.90 Å². The van der Waals surface area contributed by atoms with Crippen molar-refractivity contribution in [3.63, 3.8) is 0 Å². The predicted molar refractivity (Wildman–Crippen MR) is 94.6 cm³/mol. The van der Waals surface area contributed by atoms with Gasteiger partial charge in [-0.15, -0.1) is 0 Å². The van der Waals surface area contributed by atoms with Crippen molar-refractivity contribution in [3.8, 4) is 6.07 Å². The molecule has 3 heteroatoms. The molecule has 116 valence electrons. The Hall–Kier alpha value is -3.38. The fourth-order valence-electron chi connectivity index (χ4n) is 2.50. The number of rotatable bonds is 4. The van der Waals surface area contributed by atoms with Crippen molar-refractivity contribution in [2.75, 3.05) is 4.90 Å². The molecule has 0 aliphatic carbocycles. The molecule has 0 saturated carbocycles. The fraction of sp³-hybridized carbons (Fsp3) is 0.0476. The highest BCUT2D eigenvalue weighted by atomic mass is 16.2. The second-order valence-electron chi connectivity index (χ2n) is 5.40. The molecule has 3 aromatic carbocycles. The highest BCUT2D eigenvalue weighted by molar-refractivity contribution is 6.06. The van der Waals surface area contributed by atoms with E-state index in [-0.39, 0.29) is 5.91 Å². The van der Waals surface area contributed by atoms with Crippen molar-refractivity contribution in [1.82, 2.24) is 0 Å². The van der Waals surface area contributed by atoms with E-state index in [1.807, 2.05) is 60.7 Å². The van der Waals surface area contributed by atoms with Crippen LogP contribution < -0.4 is 4.90 Å². The smallest absolute Gasteiger partial charge is 0.258 e. The van der Waals surface area contributed by atoms with E-state index >= 15 is 0 Å². The maximum Gasteiger partial charge on any atom is 0.258 e. The second-order valence-corrected chi connectivity index (χ2v) is 5.40. The van der Waals surface area contributed by atoms with Gasteiger partial charge in [0.15, 0.2) is 0 Å². The SMILES string of the molecule is N#Cc1ccc(C(=O)N(Cc2ccccc2)c2ccccc2)cc1. The molecule has 0 heterocycles. The van der Waals surface area contributed by atoms with Crippen LogP contribution in [-0.2, 0) is 6.54 Å². The third-order valence-electron chi connectivity index (χ3n) is 3.76. The first-order chi connectivity index (χ1) is 11.8. The summed E-state index contributed by atoms with van der Waals surface area (Å²) in [6, 6.07) is 28.3. The molecule has 0 atom stereocenters. The maximum atomic E-state index is 13.0. The van der Waals surface area contributed by atoms with Gasteiger partial charge in [-0.1, -0.05) is 48.5 Å². The van der Waals surface area contributed by atoms with E-state index in [1.54, 1.807) is 29.2 Å². The van der Waals surface area contributed by atoms with Gasteiger partial charge in [-0.05, 0) is 42.0 Å². The van der Waals surface area contributed by atoms with Crippen LogP contribution in [0.25, 0.3) is 0 Å². The van der Waals surface area contributed by atoms with Gasteiger partial charge in [0.1, 0.15) is 0 Å². The average Bonchev–Trinajstić information content (AvgIpc) is 2.67. The normalized spacial score (nSPS) is 9.96. The molecule has 3 nitrogen and oxygen atoms in total. The van der Waals surface area contributed by atoms with E-state index in [0.717, 1.165) is 11.3 Å². The van der Waals surface area contributed by atoms with Crippen molar-refractivity contribution in [1.29, 1.82) is 5.26 Å². The van der Waals surface area contributed by atoms with E-state index in [9.17, 15) is 4.79 Å². The molecule has 24 heavy (non-hydrogen) atoms. The molecule has 0 fully saturated rings. The van der Waals surface area contributed by atoms with Gasteiger partial charge in [0.2, 0.25) is 0 Å². The van der Waals surface area contributed by atoms with Crippen LogP contribution in [0, 0.1) is 11.3 Å². The second kappa shape index (κ2) is 7.26. The zero-order chi connectivity index (χ0) is 16.8. The number of carbonyl (C=O) groups excluding carboxylic acids is 1. The van der Waals surface area contributed by atoms with Crippen LogP contribution in [0.3, 0.4) is 0 Å². The third-order valence-corrected chi connectivity index (χ3v) is 3.76. The molecule has 0 radical (unpaired) electrons. The van der Waals surface area contributed by atoms with Crippen LogP contribution in [0.1, 0.15) is 21.5 Å². The Morgan fingerprint density at radius 2 is 1.42 bits per heavy atom. The average molecular weight is 312 g/mol. The number of nitrogens with zero attached hydrogens (tertiary/aromatic N) is 2. The molecule has 0 aromatic heterocycles. The van der Waals surface area contributed by atoms with E-state index in [1.165, 1.54) is 0 Å². The number of benzene rings is 3. The maximum absolute atomic E-state index is 13.0. The Kier molecular flexibility index (Phi) is 4.69. The Labute approximate surface area is 141 Å². The minimum Gasteiger partial charge on any atom is -0.304 e. The molecule has 0 aliphatic rings. The molecule has 0 spiro atoms. The van der Waals surface area contributed by atoms with Crippen molar-refractivity contribution in [3.05, 3.63) is 102 Å². The Balaban J connectivity index is 1.94. The molecule has 0 N–H and O–H groups in total. The summed E-state index contributed by atoms with van der Waals surface area (Å²) in [5.74, 6) is -0.0884. The summed E-state index contributed by atoms with van der Waals surface area (Å²) in [5.41, 5.74) is 3.01. The topological polar surface area (TPSA) is 44.1 Å². The van der Waals surface area contributed by atoms with E-state index < -0.39 is 0 Å². The van der Waals surface area contributed by atoms with Gasteiger partial charge in [0, 0.05) is 11.3 Å². The molecule has 0 unspecified atom stereocenters. The first kappa shape index (κ1) is 15.5. The summed E-state index contributed by atoms with van der Waals surface area (Å²) in [5, 5.41) is 8.90. The van der Waals surface area contributed by atoms with Crippen LogP contribution in [0.2, 0.25) is 0 Å². The number of hydrogen-bond acceptors (Lipinski definition) is 2. The quantitative estimate of drug-likeness (QED) is 0.716. The van der Waals surface area contributed by atoms with Crippen LogP contribution in [0.15, 0.2) is 84.9 Å². The third kappa shape index (κ3) is 3.50. The van der Waals surface area contributed by atoms with Crippen molar-refractivity contribution >= 4 is 11.6 Å². The number of anilines is 1. The molecule has 3 rings (SSSR count). The van der Waals surface area contributed by atoms with Crippen LogP contribution in [0.4, 0.5) is 5.69 Å². The summed E-state index contributed by atoms with van der Waals surface area (Å²) in [6.45, 7) is 0.490. The molecule has 0 saturated heterocycles. The number of para-hydroxylation sites is 1. The minimum atomic E-state index is -0.0884. The summed E-state index contributed by atoms with van der Waals surface area (Å²) in [6.07, 6.45) is 0. The summed E-state index contributed by atoms with van der Waals surface area (Å²) in [7, 11) is 0. The van der Waals surface area contributed by atoms with Gasteiger partial charge in [0.25, 0.3) is 5.91 Å². The van der Waals surface area contributed by atoms with E-state index in [2.05, 4.69) is 6.07 Å². The Morgan fingerprint density at radius 1 is 0.833 bits per heavy atom. The molecule has 3 aromatic rings. The van der Waals surface area contributed by atoms with Gasteiger partial charge in [-0.2, -0.15) is 5.26 Å². The highest BCUT2D eigenvalue weighted by Crippen LogP contribution is 2.20. The monoisotopic (exact) mass is 312 g/mol. The van der Waals surface area contributed by atoms with Crippen molar-refractivity contribution in [2.24, 2.45) is 0 Å². The first-order valence-corrected chi connectivity index (χ1v) is 7.69. The van der Waals surface area contributed by atoms with Crippen LogP contribution >= 0.6 is 0 Å². The number of hydrogen-bond donors (Lipinski definition) is 0. The number of amides is 1. The number of nitriles is 1. The lowest BCUT2D eigenvalue weighted by Crippen LogP contribution is -2.30. The Bertz CT molecular complexity index is 850. The first-order valence-electron chi connectivity index (χ1n) is 7.69. The molecular weight excluding hydrogens is 296 g/mol. The fourth-order valence-corrected chi connectivity index (χ4v) is 2.50. The summed E-state index contributed by atoms with van der Waals surface area (Å²) < 4.78 is 0. The van der Waals surface area contributed by atoms with E-state index in [0.29, 0.717) is 17.7 Å². The summed E-state index contributed by atoms with van der Waals surface area (Å²) in [4.78, 5) is 14.7. The van der Waals surface area contributed by atoms with E-state index in [4.69, 9.17) is 5.26 Å². The van der Waals surface area contributed by atoms with Crippen molar-refractivity contribution in [2.45, 2.75) is 6.54 Å². The van der Waals surface area contributed by atoms with Gasteiger partial charge in [-0.25, -0.2) is 0 Å². The van der Waals surface area contributed by atoms with Gasteiger partial charge >= 0.3 is 0 Å². The zero-order valence-corrected chi connectivity index (χ0v) is 13.1. The zero-order valence-electron chi connectivity index (χ0n) is 13.1. The highest BCUT2D eigenvalue weighted by Gasteiger charge is 2.18.